The number of aryl methyl sites for hydroxylation is 2. The van der Waals surface area contributed by atoms with E-state index in [1.54, 1.807) is 0 Å². The number of benzene rings is 2. The number of carbonyl (C=O) groups excluding carboxylic acids is 1. The molecule has 0 saturated carbocycles. The summed E-state index contributed by atoms with van der Waals surface area (Å²) in [5, 5.41) is 11.2. The van der Waals surface area contributed by atoms with Crippen LogP contribution in [0.4, 0.5) is 5.69 Å². The van der Waals surface area contributed by atoms with E-state index in [9.17, 15) is 4.79 Å². The van der Waals surface area contributed by atoms with Crippen molar-refractivity contribution in [1.82, 2.24) is 10.2 Å². The zero-order chi connectivity index (χ0) is 19.5. The summed E-state index contributed by atoms with van der Waals surface area (Å²) >= 11 is 1.18. The molecule has 1 aliphatic heterocycles. The number of aromatic nitrogens is 2. The summed E-state index contributed by atoms with van der Waals surface area (Å²) in [5.41, 5.74) is 3.08. The van der Waals surface area contributed by atoms with Gasteiger partial charge in [-0.3, -0.25) is 4.79 Å². The molecule has 4 rings (SSSR count). The molecule has 1 N–H and O–H groups in total. The van der Waals surface area contributed by atoms with Crippen LogP contribution in [0.2, 0.25) is 0 Å². The number of hydrogen-bond acceptors (Lipinski definition) is 7. The van der Waals surface area contributed by atoms with Crippen LogP contribution in [0.1, 0.15) is 23.1 Å². The Kier molecular flexibility index (Phi) is 5.21. The number of hydrogen-bond donors (Lipinski definition) is 1. The van der Waals surface area contributed by atoms with Gasteiger partial charge in [0.25, 0.3) is 11.1 Å². The molecule has 2 aromatic carbocycles. The first-order valence-electron chi connectivity index (χ1n) is 8.80. The molecule has 0 aliphatic carbocycles. The largest absolute Gasteiger partial charge is 0.485 e. The fourth-order valence-electron chi connectivity index (χ4n) is 2.69. The molecule has 0 radical (unpaired) electrons. The third-order valence-corrected chi connectivity index (χ3v) is 5.14. The van der Waals surface area contributed by atoms with E-state index in [-0.39, 0.29) is 18.3 Å². The lowest BCUT2D eigenvalue weighted by Gasteiger charge is -2.23. The van der Waals surface area contributed by atoms with Gasteiger partial charge in [0.05, 0.1) is 5.75 Å². The molecule has 0 saturated heterocycles. The molecule has 2 heterocycles. The minimum atomic E-state index is -0.471. The van der Waals surface area contributed by atoms with Crippen molar-refractivity contribution in [1.29, 1.82) is 0 Å². The number of carbonyl (C=O) groups is 1. The zero-order valence-corrected chi connectivity index (χ0v) is 16.3. The van der Waals surface area contributed by atoms with E-state index < -0.39 is 6.10 Å². The van der Waals surface area contributed by atoms with E-state index >= 15 is 0 Å². The monoisotopic (exact) mass is 397 g/mol. The zero-order valence-electron chi connectivity index (χ0n) is 15.5. The highest BCUT2D eigenvalue weighted by Gasteiger charge is 2.27. The third-order valence-electron chi connectivity index (χ3n) is 4.32. The van der Waals surface area contributed by atoms with E-state index in [0.29, 0.717) is 22.6 Å². The summed E-state index contributed by atoms with van der Waals surface area (Å²) in [4.78, 5) is 12.2. The molecule has 1 aromatic heterocycles. The molecule has 7 nitrogen and oxygen atoms in total. The summed E-state index contributed by atoms with van der Waals surface area (Å²) in [6.07, 6.45) is -0.471. The quantitative estimate of drug-likeness (QED) is 0.653. The molecule has 1 aliphatic rings. The Morgan fingerprint density at radius 3 is 2.79 bits per heavy atom. The Hall–Kier alpha value is -3.00. The van der Waals surface area contributed by atoms with Crippen LogP contribution >= 0.6 is 11.8 Å². The second kappa shape index (κ2) is 7.93. The van der Waals surface area contributed by atoms with Crippen LogP contribution in [0.25, 0.3) is 0 Å². The molecule has 144 valence electrons. The van der Waals surface area contributed by atoms with Crippen LogP contribution in [0.3, 0.4) is 0 Å². The van der Waals surface area contributed by atoms with Gasteiger partial charge < -0.3 is 19.2 Å². The van der Waals surface area contributed by atoms with Crippen molar-refractivity contribution in [2.24, 2.45) is 0 Å². The number of para-hydroxylation sites is 2. The molecule has 3 aromatic rings. The number of fused-ring (bicyclic) bond motifs is 1. The van der Waals surface area contributed by atoms with Crippen molar-refractivity contribution >= 4 is 23.4 Å². The number of rotatable bonds is 5. The summed E-state index contributed by atoms with van der Waals surface area (Å²) in [7, 11) is 0. The van der Waals surface area contributed by atoms with Gasteiger partial charge in [-0.1, -0.05) is 30.0 Å². The Labute approximate surface area is 166 Å². The lowest BCUT2D eigenvalue weighted by atomic mass is 10.1. The van der Waals surface area contributed by atoms with Gasteiger partial charge in [-0.2, -0.15) is 0 Å². The number of nitrogens with one attached hydrogen (secondary N) is 1. The van der Waals surface area contributed by atoms with E-state index in [1.165, 1.54) is 17.3 Å². The van der Waals surface area contributed by atoms with Crippen LogP contribution in [0, 0.1) is 13.8 Å². The summed E-state index contributed by atoms with van der Waals surface area (Å²) < 4.78 is 17.1. The van der Waals surface area contributed by atoms with E-state index in [0.717, 1.165) is 11.3 Å². The maximum Gasteiger partial charge on any atom is 0.277 e. The molecular weight excluding hydrogens is 378 g/mol. The first-order chi connectivity index (χ1) is 13.6. The van der Waals surface area contributed by atoms with Crippen molar-refractivity contribution in [3.63, 3.8) is 0 Å². The molecule has 0 bridgehead atoms. The number of ether oxygens (including phenoxy) is 2. The topological polar surface area (TPSA) is 86.5 Å². The molecule has 1 amide bonds. The van der Waals surface area contributed by atoms with Crippen molar-refractivity contribution in [2.75, 3.05) is 17.7 Å². The lowest BCUT2D eigenvalue weighted by molar-refractivity contribution is -0.113. The highest BCUT2D eigenvalue weighted by Crippen LogP contribution is 2.35. The van der Waals surface area contributed by atoms with Gasteiger partial charge >= 0.3 is 0 Å². The third kappa shape index (κ3) is 4.12. The maximum atomic E-state index is 12.2. The smallest absolute Gasteiger partial charge is 0.277 e. The molecular formula is C20H19N3O4S. The van der Waals surface area contributed by atoms with E-state index in [4.69, 9.17) is 13.9 Å². The Morgan fingerprint density at radius 2 is 1.96 bits per heavy atom. The average Bonchev–Trinajstić information content (AvgIpc) is 3.18. The van der Waals surface area contributed by atoms with Crippen LogP contribution < -0.4 is 14.8 Å². The summed E-state index contributed by atoms with van der Waals surface area (Å²) in [6, 6.07) is 13.2. The highest BCUT2D eigenvalue weighted by atomic mass is 32.2. The predicted octanol–water partition coefficient (Wildman–Crippen LogP) is 3.93. The Morgan fingerprint density at radius 1 is 1.14 bits per heavy atom. The SMILES string of the molecule is Cc1ccc(NC(=O)CSc2nnc([C@@H]3COc4ccccc4O3)o2)cc1C. The molecule has 0 unspecified atom stereocenters. The first-order valence-corrected chi connectivity index (χ1v) is 9.79. The summed E-state index contributed by atoms with van der Waals surface area (Å²) in [5.74, 6) is 1.68. The lowest BCUT2D eigenvalue weighted by Crippen LogP contribution is -2.21. The van der Waals surface area contributed by atoms with Crippen LogP contribution in [0.5, 0.6) is 11.5 Å². The van der Waals surface area contributed by atoms with Gasteiger partial charge in [-0.15, -0.1) is 10.2 Å². The maximum absolute atomic E-state index is 12.2. The Balaban J connectivity index is 1.32. The van der Waals surface area contributed by atoms with E-state index in [2.05, 4.69) is 15.5 Å². The van der Waals surface area contributed by atoms with Gasteiger partial charge in [0.2, 0.25) is 12.0 Å². The number of nitrogens with zero attached hydrogens (tertiary/aromatic N) is 2. The van der Waals surface area contributed by atoms with Crippen molar-refractivity contribution < 1.29 is 18.7 Å². The molecule has 0 spiro atoms. The first kappa shape index (κ1) is 18.4. The minimum Gasteiger partial charge on any atom is -0.485 e. The fraction of sp³-hybridized carbons (Fsp3) is 0.250. The molecule has 0 fully saturated rings. The fourth-order valence-corrected chi connectivity index (χ4v) is 3.26. The molecule has 28 heavy (non-hydrogen) atoms. The number of amides is 1. The number of anilines is 1. The van der Waals surface area contributed by atoms with Gasteiger partial charge in [-0.05, 0) is 49.2 Å². The highest BCUT2D eigenvalue weighted by molar-refractivity contribution is 7.99. The predicted molar refractivity (Wildman–Crippen MR) is 105 cm³/mol. The van der Waals surface area contributed by atoms with Crippen molar-refractivity contribution in [3.8, 4) is 11.5 Å². The Bertz CT molecular complexity index is 1000. The van der Waals surface area contributed by atoms with Gasteiger partial charge in [0.15, 0.2) is 11.5 Å². The van der Waals surface area contributed by atoms with Crippen LogP contribution in [0.15, 0.2) is 52.1 Å². The second-order valence-corrected chi connectivity index (χ2v) is 7.33. The van der Waals surface area contributed by atoms with Gasteiger partial charge in [-0.25, -0.2) is 0 Å². The van der Waals surface area contributed by atoms with Gasteiger partial charge in [0, 0.05) is 5.69 Å². The normalized spacial score (nSPS) is 15.3. The van der Waals surface area contributed by atoms with Crippen LogP contribution in [-0.2, 0) is 4.79 Å². The van der Waals surface area contributed by atoms with Crippen LogP contribution in [-0.4, -0.2) is 28.5 Å². The van der Waals surface area contributed by atoms with Gasteiger partial charge in [0.1, 0.15) is 6.61 Å². The standard InChI is InChI=1S/C20H19N3O4S/c1-12-7-8-14(9-13(12)2)21-18(24)11-28-20-23-22-19(27-20)17-10-25-15-5-3-4-6-16(15)26-17/h3-9,17H,10-11H2,1-2H3,(H,21,24)/t17-/m0/s1. The van der Waals surface area contributed by atoms with Crippen molar-refractivity contribution in [3.05, 3.63) is 59.5 Å². The second-order valence-electron chi connectivity index (χ2n) is 6.41. The molecule has 1 atom stereocenters. The average molecular weight is 397 g/mol. The minimum absolute atomic E-state index is 0.140. The number of thioether (sulfide) groups is 1. The molecule has 8 heteroatoms. The van der Waals surface area contributed by atoms with Crippen molar-refractivity contribution in [2.45, 2.75) is 25.2 Å². The van der Waals surface area contributed by atoms with E-state index in [1.807, 2.05) is 56.3 Å². The summed E-state index contributed by atoms with van der Waals surface area (Å²) in [6.45, 7) is 4.33.